The predicted octanol–water partition coefficient (Wildman–Crippen LogP) is 3.23. The van der Waals surface area contributed by atoms with E-state index in [-0.39, 0.29) is 0 Å². The van der Waals surface area contributed by atoms with Gasteiger partial charge in [0.05, 0.1) is 11.9 Å². The van der Waals surface area contributed by atoms with Gasteiger partial charge in [0, 0.05) is 37.2 Å². The molecule has 1 N–H and O–H groups in total. The third-order valence-corrected chi connectivity index (χ3v) is 3.31. The Morgan fingerprint density at radius 2 is 2.00 bits per heavy atom. The second-order valence-electron chi connectivity index (χ2n) is 5.17. The summed E-state index contributed by atoms with van der Waals surface area (Å²) >= 11 is 0. The van der Waals surface area contributed by atoms with E-state index >= 15 is 0 Å². The smallest absolute Gasteiger partial charge is 0.139 e. The zero-order chi connectivity index (χ0) is 14.1. The van der Waals surface area contributed by atoms with Crippen LogP contribution in [-0.4, -0.2) is 19.7 Å². The van der Waals surface area contributed by atoms with E-state index in [0.717, 1.165) is 16.9 Å². The predicted molar refractivity (Wildman–Crippen MR) is 80.1 cm³/mol. The molecule has 0 saturated carbocycles. The first-order valence-corrected chi connectivity index (χ1v) is 6.63. The largest absolute Gasteiger partial charge is 0.337 e. The summed E-state index contributed by atoms with van der Waals surface area (Å²) in [5.41, 5.74) is 2.15. The van der Waals surface area contributed by atoms with Crippen LogP contribution in [0, 0.1) is 0 Å². The highest BCUT2D eigenvalue weighted by atomic mass is 15.3. The molecule has 0 aliphatic carbocycles. The molecule has 0 saturated heterocycles. The highest BCUT2D eigenvalue weighted by molar-refractivity contribution is 5.94. The Morgan fingerprint density at radius 1 is 1.15 bits per heavy atom. The van der Waals surface area contributed by atoms with Gasteiger partial charge in [-0.25, -0.2) is 4.98 Å². The number of anilines is 2. The quantitative estimate of drug-likeness (QED) is 0.791. The molecular weight excluding hydrogens is 250 g/mol. The molecule has 0 aromatic carbocycles. The number of aromatic nitrogens is 4. The standard InChI is InChI=1S/C15H17N5/c1-10(2)13-8-17-15(14-7-16-5-4-12(13)14)19-11-6-18-20(3)9-11/h4-10H,1-3H3,(H,17,19). The SMILES string of the molecule is CC(C)c1cnc(Nc2cnn(C)c2)c2cnccc12. The van der Waals surface area contributed by atoms with Crippen LogP contribution >= 0.6 is 0 Å². The number of hydrogen-bond acceptors (Lipinski definition) is 4. The molecule has 0 atom stereocenters. The lowest BCUT2D eigenvalue weighted by Crippen LogP contribution is -1.98. The van der Waals surface area contributed by atoms with Gasteiger partial charge in [-0.1, -0.05) is 13.8 Å². The number of aryl methyl sites for hydroxylation is 1. The number of hydrogen-bond donors (Lipinski definition) is 1. The van der Waals surface area contributed by atoms with Gasteiger partial charge in [0.15, 0.2) is 0 Å². The molecule has 3 aromatic rings. The van der Waals surface area contributed by atoms with Gasteiger partial charge >= 0.3 is 0 Å². The van der Waals surface area contributed by atoms with Crippen molar-refractivity contribution in [3.63, 3.8) is 0 Å². The molecule has 3 aromatic heterocycles. The third kappa shape index (κ3) is 2.22. The normalized spacial score (nSPS) is 11.2. The molecule has 0 fully saturated rings. The van der Waals surface area contributed by atoms with Crippen LogP contribution in [0.1, 0.15) is 25.3 Å². The number of nitrogens with zero attached hydrogens (tertiary/aromatic N) is 4. The summed E-state index contributed by atoms with van der Waals surface area (Å²) in [6, 6.07) is 2.04. The Morgan fingerprint density at radius 3 is 2.70 bits per heavy atom. The molecule has 0 bridgehead atoms. The van der Waals surface area contributed by atoms with Crippen LogP contribution in [-0.2, 0) is 7.05 Å². The van der Waals surface area contributed by atoms with E-state index in [1.54, 1.807) is 10.9 Å². The molecule has 20 heavy (non-hydrogen) atoms. The van der Waals surface area contributed by atoms with E-state index in [0.29, 0.717) is 5.92 Å². The Balaban J connectivity index is 2.10. The van der Waals surface area contributed by atoms with Crippen molar-refractivity contribution in [3.8, 4) is 0 Å². The molecule has 0 amide bonds. The van der Waals surface area contributed by atoms with Crippen molar-refractivity contribution in [3.05, 3.63) is 42.6 Å². The van der Waals surface area contributed by atoms with E-state index in [1.807, 2.05) is 37.9 Å². The third-order valence-electron chi connectivity index (χ3n) is 3.31. The zero-order valence-corrected chi connectivity index (χ0v) is 11.8. The maximum absolute atomic E-state index is 4.54. The minimum Gasteiger partial charge on any atom is -0.337 e. The Hall–Kier alpha value is -2.43. The van der Waals surface area contributed by atoms with Crippen molar-refractivity contribution in [2.45, 2.75) is 19.8 Å². The minimum atomic E-state index is 0.430. The lowest BCUT2D eigenvalue weighted by atomic mass is 9.99. The molecular formula is C15H17N5. The van der Waals surface area contributed by atoms with Gasteiger partial charge in [0.2, 0.25) is 0 Å². The molecule has 3 rings (SSSR count). The Bertz CT molecular complexity index is 745. The topological polar surface area (TPSA) is 55.6 Å². The number of nitrogens with one attached hydrogen (secondary N) is 1. The van der Waals surface area contributed by atoms with Gasteiger partial charge in [-0.2, -0.15) is 5.10 Å². The first-order valence-electron chi connectivity index (χ1n) is 6.63. The van der Waals surface area contributed by atoms with Gasteiger partial charge < -0.3 is 5.32 Å². The highest BCUT2D eigenvalue weighted by Crippen LogP contribution is 2.29. The number of rotatable bonds is 3. The van der Waals surface area contributed by atoms with E-state index in [9.17, 15) is 0 Å². The van der Waals surface area contributed by atoms with E-state index in [2.05, 4.69) is 34.2 Å². The summed E-state index contributed by atoms with van der Waals surface area (Å²) in [5, 5.41) is 9.67. The fourth-order valence-electron chi connectivity index (χ4n) is 2.29. The fourth-order valence-corrected chi connectivity index (χ4v) is 2.29. The molecule has 3 heterocycles. The maximum atomic E-state index is 4.54. The summed E-state index contributed by atoms with van der Waals surface area (Å²) in [6.07, 6.45) is 9.31. The second-order valence-corrected chi connectivity index (χ2v) is 5.17. The average Bonchev–Trinajstić information content (AvgIpc) is 2.84. The summed E-state index contributed by atoms with van der Waals surface area (Å²) in [7, 11) is 1.89. The average molecular weight is 267 g/mol. The molecule has 5 nitrogen and oxygen atoms in total. The Labute approximate surface area is 117 Å². The van der Waals surface area contributed by atoms with Crippen LogP contribution in [0.25, 0.3) is 10.8 Å². The van der Waals surface area contributed by atoms with Crippen molar-refractivity contribution in [1.29, 1.82) is 0 Å². The lowest BCUT2D eigenvalue weighted by Gasteiger charge is -2.12. The molecule has 0 aliphatic rings. The molecule has 0 spiro atoms. The molecule has 0 radical (unpaired) electrons. The second kappa shape index (κ2) is 4.92. The van der Waals surface area contributed by atoms with Crippen molar-refractivity contribution < 1.29 is 0 Å². The van der Waals surface area contributed by atoms with Crippen LogP contribution in [0.3, 0.4) is 0 Å². The monoisotopic (exact) mass is 267 g/mol. The van der Waals surface area contributed by atoms with Gasteiger partial charge in [-0.3, -0.25) is 9.67 Å². The zero-order valence-electron chi connectivity index (χ0n) is 11.8. The van der Waals surface area contributed by atoms with Gasteiger partial charge in [-0.05, 0) is 22.9 Å². The number of fused-ring (bicyclic) bond motifs is 1. The first-order chi connectivity index (χ1) is 9.65. The molecule has 0 aliphatic heterocycles. The fraction of sp³-hybridized carbons (Fsp3) is 0.267. The summed E-state index contributed by atoms with van der Waals surface area (Å²) < 4.78 is 1.76. The molecule has 5 heteroatoms. The number of pyridine rings is 2. The minimum absolute atomic E-state index is 0.430. The van der Waals surface area contributed by atoms with Crippen LogP contribution in [0.5, 0.6) is 0 Å². The van der Waals surface area contributed by atoms with Crippen molar-refractivity contribution in [2.75, 3.05) is 5.32 Å². The first kappa shape index (κ1) is 12.6. The molecule has 0 unspecified atom stereocenters. The van der Waals surface area contributed by atoms with Crippen LogP contribution in [0.4, 0.5) is 11.5 Å². The van der Waals surface area contributed by atoms with Crippen LogP contribution in [0.2, 0.25) is 0 Å². The van der Waals surface area contributed by atoms with Crippen LogP contribution in [0.15, 0.2) is 37.1 Å². The van der Waals surface area contributed by atoms with E-state index in [1.165, 1.54) is 10.9 Å². The van der Waals surface area contributed by atoms with Gasteiger partial charge in [0.25, 0.3) is 0 Å². The Kier molecular flexibility index (Phi) is 3.10. The highest BCUT2D eigenvalue weighted by Gasteiger charge is 2.10. The van der Waals surface area contributed by atoms with E-state index in [4.69, 9.17) is 0 Å². The van der Waals surface area contributed by atoms with E-state index < -0.39 is 0 Å². The maximum Gasteiger partial charge on any atom is 0.139 e. The van der Waals surface area contributed by atoms with Crippen LogP contribution < -0.4 is 5.32 Å². The van der Waals surface area contributed by atoms with Crippen molar-refractivity contribution >= 4 is 22.3 Å². The van der Waals surface area contributed by atoms with Gasteiger partial charge in [-0.15, -0.1) is 0 Å². The van der Waals surface area contributed by atoms with Crippen molar-refractivity contribution in [1.82, 2.24) is 19.7 Å². The summed E-state index contributed by atoms with van der Waals surface area (Å²) in [4.78, 5) is 8.76. The summed E-state index contributed by atoms with van der Waals surface area (Å²) in [5.74, 6) is 1.24. The van der Waals surface area contributed by atoms with Crippen molar-refractivity contribution in [2.24, 2.45) is 7.05 Å². The lowest BCUT2D eigenvalue weighted by molar-refractivity contribution is 0.768. The van der Waals surface area contributed by atoms with Gasteiger partial charge in [0.1, 0.15) is 5.82 Å². The molecule has 102 valence electrons. The summed E-state index contributed by atoms with van der Waals surface area (Å²) in [6.45, 7) is 4.34.